The molecule has 0 heterocycles. The number of aliphatic hydroxyl groups is 1. The van der Waals surface area contributed by atoms with E-state index in [1.807, 2.05) is 0 Å². The van der Waals surface area contributed by atoms with Crippen molar-refractivity contribution in [3.8, 4) is 0 Å². The summed E-state index contributed by atoms with van der Waals surface area (Å²) in [5.74, 6) is 0.458. The lowest BCUT2D eigenvalue weighted by Crippen LogP contribution is -2.34. The van der Waals surface area contributed by atoms with Crippen LogP contribution in [-0.2, 0) is 0 Å². The third-order valence-corrected chi connectivity index (χ3v) is 3.33. The fraction of sp³-hybridized carbons (Fsp3) is 0.562. The quantitative estimate of drug-likeness (QED) is 0.723. The van der Waals surface area contributed by atoms with Crippen LogP contribution >= 0.6 is 0 Å². The molecule has 0 saturated carbocycles. The van der Waals surface area contributed by atoms with Gasteiger partial charge >= 0.3 is 6.03 Å². The minimum absolute atomic E-state index is 0.123. The van der Waals surface area contributed by atoms with E-state index in [0.29, 0.717) is 30.1 Å². The van der Waals surface area contributed by atoms with Crippen LogP contribution in [-0.4, -0.2) is 24.3 Å². The van der Waals surface area contributed by atoms with Gasteiger partial charge in [-0.05, 0) is 55.4 Å². The number of anilines is 1. The smallest absolute Gasteiger partial charge is 0.319 e. The standard InChI is InChI=1S/C16H25FN2O2/c1-11(2)8-13(6-7-20)10-18-16(21)19-15-5-4-14(17)9-12(15)3/h4-5,9,11,13,20H,6-8,10H2,1-3H3,(H2,18,19,21). The van der Waals surface area contributed by atoms with Gasteiger partial charge in [0.1, 0.15) is 5.82 Å². The predicted octanol–water partition coefficient (Wildman–Crippen LogP) is 3.30. The molecular weight excluding hydrogens is 271 g/mol. The summed E-state index contributed by atoms with van der Waals surface area (Å²) in [7, 11) is 0. The van der Waals surface area contributed by atoms with Gasteiger partial charge in [0, 0.05) is 18.8 Å². The van der Waals surface area contributed by atoms with Crippen molar-refractivity contribution in [1.29, 1.82) is 0 Å². The normalized spacial score (nSPS) is 12.3. The number of aliphatic hydroxyl groups excluding tert-OH is 1. The lowest BCUT2D eigenvalue weighted by Gasteiger charge is -2.19. The van der Waals surface area contributed by atoms with Crippen molar-refractivity contribution in [2.45, 2.75) is 33.6 Å². The van der Waals surface area contributed by atoms with E-state index in [0.717, 1.165) is 6.42 Å². The van der Waals surface area contributed by atoms with Crippen LogP contribution in [0.4, 0.5) is 14.9 Å². The van der Waals surface area contributed by atoms with Crippen LogP contribution in [0.1, 0.15) is 32.3 Å². The number of carbonyl (C=O) groups excluding carboxylic acids is 1. The van der Waals surface area contributed by atoms with Crippen molar-refractivity contribution in [2.75, 3.05) is 18.5 Å². The van der Waals surface area contributed by atoms with E-state index in [1.54, 1.807) is 13.0 Å². The van der Waals surface area contributed by atoms with Crippen molar-refractivity contribution in [3.05, 3.63) is 29.6 Å². The van der Waals surface area contributed by atoms with Gasteiger partial charge in [-0.1, -0.05) is 13.8 Å². The van der Waals surface area contributed by atoms with Gasteiger partial charge in [-0.2, -0.15) is 0 Å². The number of hydrogen-bond acceptors (Lipinski definition) is 2. The highest BCUT2D eigenvalue weighted by Crippen LogP contribution is 2.16. The van der Waals surface area contributed by atoms with Crippen molar-refractivity contribution in [1.82, 2.24) is 5.32 Å². The summed E-state index contributed by atoms with van der Waals surface area (Å²) < 4.78 is 13.0. The molecule has 0 spiro atoms. The van der Waals surface area contributed by atoms with Crippen molar-refractivity contribution < 1.29 is 14.3 Å². The Balaban J connectivity index is 2.48. The zero-order chi connectivity index (χ0) is 15.8. The Bertz CT molecular complexity index is 464. The first-order valence-corrected chi connectivity index (χ1v) is 7.34. The summed E-state index contributed by atoms with van der Waals surface area (Å²) in [5.41, 5.74) is 1.27. The summed E-state index contributed by atoms with van der Waals surface area (Å²) >= 11 is 0. The second-order valence-corrected chi connectivity index (χ2v) is 5.80. The van der Waals surface area contributed by atoms with Crippen LogP contribution in [0, 0.1) is 24.6 Å². The topological polar surface area (TPSA) is 61.4 Å². The van der Waals surface area contributed by atoms with Crippen molar-refractivity contribution in [2.24, 2.45) is 11.8 Å². The van der Waals surface area contributed by atoms with E-state index >= 15 is 0 Å². The molecule has 0 aliphatic rings. The predicted molar refractivity (Wildman–Crippen MR) is 82.8 cm³/mol. The molecule has 1 aromatic rings. The van der Waals surface area contributed by atoms with Gasteiger partial charge in [0.25, 0.3) is 0 Å². The van der Waals surface area contributed by atoms with Gasteiger partial charge in [0.15, 0.2) is 0 Å². The molecule has 5 heteroatoms. The number of aryl methyl sites for hydroxylation is 1. The molecule has 0 aliphatic heterocycles. The first-order chi connectivity index (χ1) is 9.92. The molecule has 1 atom stereocenters. The number of nitrogens with one attached hydrogen (secondary N) is 2. The van der Waals surface area contributed by atoms with Gasteiger partial charge in [-0.15, -0.1) is 0 Å². The summed E-state index contributed by atoms with van der Waals surface area (Å²) in [6.45, 7) is 6.62. The first kappa shape index (κ1) is 17.4. The first-order valence-electron chi connectivity index (χ1n) is 7.34. The number of urea groups is 1. The lowest BCUT2D eigenvalue weighted by atomic mass is 9.94. The molecule has 21 heavy (non-hydrogen) atoms. The highest BCUT2D eigenvalue weighted by molar-refractivity contribution is 5.89. The zero-order valence-corrected chi connectivity index (χ0v) is 12.9. The second kappa shape index (κ2) is 8.62. The zero-order valence-electron chi connectivity index (χ0n) is 12.9. The van der Waals surface area contributed by atoms with Gasteiger partial charge in [0.05, 0.1) is 0 Å². The Labute approximate surface area is 125 Å². The van der Waals surface area contributed by atoms with Crippen LogP contribution in [0.3, 0.4) is 0 Å². The summed E-state index contributed by atoms with van der Waals surface area (Å²) in [6, 6.07) is 3.93. The van der Waals surface area contributed by atoms with Gasteiger partial charge in [0.2, 0.25) is 0 Å². The van der Waals surface area contributed by atoms with Gasteiger partial charge in [-0.3, -0.25) is 0 Å². The highest BCUT2D eigenvalue weighted by Gasteiger charge is 2.12. The minimum Gasteiger partial charge on any atom is -0.396 e. The minimum atomic E-state index is -0.321. The highest BCUT2D eigenvalue weighted by atomic mass is 19.1. The van der Waals surface area contributed by atoms with E-state index in [9.17, 15) is 9.18 Å². The van der Waals surface area contributed by atoms with Crippen molar-refractivity contribution in [3.63, 3.8) is 0 Å². The molecule has 0 radical (unpaired) electrons. The fourth-order valence-corrected chi connectivity index (χ4v) is 2.32. The average Bonchev–Trinajstić information content (AvgIpc) is 2.39. The van der Waals surface area contributed by atoms with E-state index in [-0.39, 0.29) is 24.4 Å². The van der Waals surface area contributed by atoms with Crippen LogP contribution in [0.25, 0.3) is 0 Å². The maximum atomic E-state index is 13.0. The fourth-order valence-electron chi connectivity index (χ4n) is 2.32. The molecule has 0 saturated heterocycles. The molecule has 0 aromatic heterocycles. The molecule has 1 unspecified atom stereocenters. The monoisotopic (exact) mass is 296 g/mol. The SMILES string of the molecule is Cc1cc(F)ccc1NC(=O)NCC(CCO)CC(C)C. The van der Waals surface area contributed by atoms with Gasteiger partial charge in [-0.25, -0.2) is 9.18 Å². The number of benzene rings is 1. The number of amides is 2. The van der Waals surface area contributed by atoms with E-state index < -0.39 is 0 Å². The Hall–Kier alpha value is -1.62. The molecule has 1 aromatic carbocycles. The van der Waals surface area contributed by atoms with E-state index in [2.05, 4.69) is 24.5 Å². The second-order valence-electron chi connectivity index (χ2n) is 5.80. The number of halogens is 1. The number of carbonyl (C=O) groups is 1. The average molecular weight is 296 g/mol. The van der Waals surface area contributed by atoms with Crippen LogP contribution in [0.15, 0.2) is 18.2 Å². The molecule has 0 bridgehead atoms. The molecule has 118 valence electrons. The molecule has 4 nitrogen and oxygen atoms in total. The van der Waals surface area contributed by atoms with E-state index in [4.69, 9.17) is 5.11 Å². The Morgan fingerprint density at radius 1 is 1.38 bits per heavy atom. The Kier molecular flexibility index (Phi) is 7.15. The maximum Gasteiger partial charge on any atom is 0.319 e. The summed E-state index contributed by atoms with van der Waals surface area (Å²) in [5, 5.41) is 14.6. The number of hydrogen-bond donors (Lipinski definition) is 3. The van der Waals surface area contributed by atoms with Crippen LogP contribution in [0.5, 0.6) is 0 Å². The third kappa shape index (κ3) is 6.58. The molecular formula is C16H25FN2O2. The van der Waals surface area contributed by atoms with Gasteiger partial charge < -0.3 is 15.7 Å². The van der Waals surface area contributed by atoms with Crippen LogP contribution in [0.2, 0.25) is 0 Å². The molecule has 2 amide bonds. The largest absolute Gasteiger partial charge is 0.396 e. The molecule has 1 rings (SSSR count). The van der Waals surface area contributed by atoms with Crippen LogP contribution < -0.4 is 10.6 Å². The summed E-state index contributed by atoms with van der Waals surface area (Å²) in [4.78, 5) is 11.9. The Morgan fingerprint density at radius 3 is 2.67 bits per heavy atom. The molecule has 3 N–H and O–H groups in total. The summed E-state index contributed by atoms with van der Waals surface area (Å²) in [6.07, 6.45) is 1.63. The third-order valence-electron chi connectivity index (χ3n) is 3.33. The van der Waals surface area contributed by atoms with E-state index in [1.165, 1.54) is 12.1 Å². The molecule has 0 fully saturated rings. The maximum absolute atomic E-state index is 13.0. The Morgan fingerprint density at radius 2 is 2.10 bits per heavy atom. The molecule has 0 aliphatic carbocycles. The number of rotatable bonds is 7. The van der Waals surface area contributed by atoms with Crippen molar-refractivity contribution >= 4 is 11.7 Å². The lowest BCUT2D eigenvalue weighted by molar-refractivity contribution is 0.231.